The van der Waals surface area contributed by atoms with Gasteiger partial charge in [-0.3, -0.25) is 0 Å². The summed E-state index contributed by atoms with van der Waals surface area (Å²) < 4.78 is 0. The lowest BCUT2D eigenvalue weighted by molar-refractivity contribution is -0.131. The van der Waals surface area contributed by atoms with Crippen molar-refractivity contribution in [1.29, 1.82) is 10.5 Å². The van der Waals surface area contributed by atoms with Gasteiger partial charge in [-0.15, -0.1) is 0 Å². The highest BCUT2D eigenvalue weighted by Gasteiger charge is 2.06. The highest BCUT2D eigenvalue weighted by atomic mass is 16.4. The van der Waals surface area contributed by atoms with E-state index in [9.17, 15) is 4.79 Å². The minimum Gasteiger partial charge on any atom is -0.478 e. The van der Waals surface area contributed by atoms with Gasteiger partial charge in [0.1, 0.15) is 13.1 Å². The van der Waals surface area contributed by atoms with E-state index in [0.717, 1.165) is 22.9 Å². The predicted octanol–water partition coefficient (Wildman–Crippen LogP) is 1.95. The van der Waals surface area contributed by atoms with E-state index in [4.69, 9.17) is 15.6 Å². The van der Waals surface area contributed by atoms with E-state index >= 15 is 0 Å². The summed E-state index contributed by atoms with van der Waals surface area (Å²) in [7, 11) is 0. The van der Waals surface area contributed by atoms with Gasteiger partial charge in [-0.05, 0) is 36.3 Å². The van der Waals surface area contributed by atoms with Crippen LogP contribution >= 0.6 is 0 Å². The molecule has 5 nitrogen and oxygen atoms in total. The topological polar surface area (TPSA) is 88.1 Å². The van der Waals surface area contributed by atoms with E-state index in [-0.39, 0.29) is 13.1 Å². The van der Waals surface area contributed by atoms with E-state index in [2.05, 4.69) is 0 Å². The second-order valence-corrected chi connectivity index (χ2v) is 3.88. The van der Waals surface area contributed by atoms with Gasteiger partial charge in [0.15, 0.2) is 0 Å². The third kappa shape index (κ3) is 4.18. The molecule has 0 fully saturated rings. The zero-order valence-electron chi connectivity index (χ0n) is 10.5. The number of carboxylic acids is 1. The Labute approximate surface area is 111 Å². The summed E-state index contributed by atoms with van der Waals surface area (Å²) in [5.41, 5.74) is 2.45. The molecule has 96 valence electrons. The smallest absolute Gasteiger partial charge is 0.328 e. The number of carbonyl (C=O) groups is 1. The number of hydrogen-bond donors (Lipinski definition) is 1. The lowest BCUT2D eigenvalue weighted by atomic mass is 10.1. The molecule has 0 heterocycles. The van der Waals surface area contributed by atoms with Crippen LogP contribution in [0.25, 0.3) is 6.08 Å². The monoisotopic (exact) mass is 255 g/mol. The van der Waals surface area contributed by atoms with Crippen molar-refractivity contribution in [3.05, 3.63) is 35.4 Å². The summed E-state index contributed by atoms with van der Waals surface area (Å²) in [6.07, 6.45) is 2.59. The third-order valence-corrected chi connectivity index (χ3v) is 2.55. The molecule has 1 aromatic rings. The Morgan fingerprint density at radius 3 is 2.47 bits per heavy atom. The number of nitrogens with zero attached hydrogens (tertiary/aromatic N) is 3. The molecule has 0 aliphatic heterocycles. The number of aliphatic carboxylic acids is 1. The quantitative estimate of drug-likeness (QED) is 0.641. The highest BCUT2D eigenvalue weighted by molar-refractivity contribution is 5.85. The van der Waals surface area contributed by atoms with Crippen LogP contribution < -0.4 is 4.90 Å². The first kappa shape index (κ1) is 14.3. The van der Waals surface area contributed by atoms with Crippen LogP contribution in [0.2, 0.25) is 0 Å². The van der Waals surface area contributed by atoms with E-state index in [1.165, 1.54) is 6.08 Å². The summed E-state index contributed by atoms with van der Waals surface area (Å²) in [4.78, 5) is 12.1. The first-order chi connectivity index (χ1) is 9.08. The van der Waals surface area contributed by atoms with Crippen molar-refractivity contribution in [2.24, 2.45) is 0 Å². The summed E-state index contributed by atoms with van der Waals surface area (Å²) in [6.45, 7) is 2.12. The highest BCUT2D eigenvalue weighted by Crippen LogP contribution is 2.20. The van der Waals surface area contributed by atoms with E-state index in [1.54, 1.807) is 17.0 Å². The number of hydrogen-bond acceptors (Lipinski definition) is 4. The zero-order valence-corrected chi connectivity index (χ0v) is 10.5. The fraction of sp³-hybridized carbons (Fsp3) is 0.214. The first-order valence-corrected chi connectivity index (χ1v) is 5.59. The van der Waals surface area contributed by atoms with Crippen LogP contribution in [0.1, 0.15) is 11.1 Å². The SMILES string of the molecule is Cc1cc(N(CC#N)CC#N)ccc1/C=C/C(=O)O. The molecule has 1 rings (SSSR count). The van der Waals surface area contributed by atoms with Crippen molar-refractivity contribution in [2.45, 2.75) is 6.92 Å². The van der Waals surface area contributed by atoms with Crippen LogP contribution in [0.4, 0.5) is 5.69 Å². The van der Waals surface area contributed by atoms with Gasteiger partial charge < -0.3 is 10.0 Å². The maximum Gasteiger partial charge on any atom is 0.328 e. The van der Waals surface area contributed by atoms with Crippen molar-refractivity contribution >= 4 is 17.7 Å². The molecule has 0 unspecified atom stereocenters. The Bertz CT molecular complexity index is 563. The third-order valence-electron chi connectivity index (χ3n) is 2.55. The predicted molar refractivity (Wildman–Crippen MR) is 71.3 cm³/mol. The number of carboxylic acid groups (broad SMARTS) is 1. The van der Waals surface area contributed by atoms with Gasteiger partial charge in [0.05, 0.1) is 12.1 Å². The number of anilines is 1. The van der Waals surface area contributed by atoms with Crippen molar-refractivity contribution < 1.29 is 9.90 Å². The molecule has 0 bridgehead atoms. The fourth-order valence-corrected chi connectivity index (χ4v) is 1.61. The molecule has 0 saturated heterocycles. The standard InChI is InChI=1S/C14H13N3O2/c1-11-10-13(17(8-6-15)9-7-16)4-2-12(11)3-5-14(18)19/h2-5,10H,8-9H2,1H3,(H,18,19)/b5-3+. The molecule has 0 aromatic heterocycles. The average molecular weight is 255 g/mol. The summed E-state index contributed by atoms with van der Waals surface area (Å²) in [5.74, 6) is -1.00. The van der Waals surface area contributed by atoms with Crippen LogP contribution in [0.3, 0.4) is 0 Å². The molecule has 0 saturated carbocycles. The molecule has 0 atom stereocenters. The summed E-state index contributed by atoms with van der Waals surface area (Å²) >= 11 is 0. The van der Waals surface area contributed by atoms with Crippen LogP contribution in [-0.4, -0.2) is 24.2 Å². The Hall–Kier alpha value is -2.79. The number of aryl methyl sites for hydroxylation is 1. The number of rotatable bonds is 5. The molecule has 19 heavy (non-hydrogen) atoms. The summed E-state index contributed by atoms with van der Waals surface area (Å²) in [6, 6.07) is 9.38. The Morgan fingerprint density at radius 1 is 1.37 bits per heavy atom. The second-order valence-electron chi connectivity index (χ2n) is 3.88. The second kappa shape index (κ2) is 6.83. The average Bonchev–Trinajstić information content (AvgIpc) is 2.37. The van der Waals surface area contributed by atoms with Gasteiger partial charge in [0, 0.05) is 11.8 Å². The first-order valence-electron chi connectivity index (χ1n) is 5.59. The van der Waals surface area contributed by atoms with Gasteiger partial charge >= 0.3 is 5.97 Å². The molecular weight excluding hydrogens is 242 g/mol. The lowest BCUT2D eigenvalue weighted by Gasteiger charge is -2.19. The van der Waals surface area contributed by atoms with E-state index in [0.29, 0.717) is 0 Å². The van der Waals surface area contributed by atoms with Gasteiger partial charge in [0.25, 0.3) is 0 Å². The minimum atomic E-state index is -1.00. The molecule has 0 aliphatic rings. The molecule has 0 radical (unpaired) electrons. The van der Waals surface area contributed by atoms with Crippen LogP contribution in [0.15, 0.2) is 24.3 Å². The van der Waals surface area contributed by atoms with Gasteiger partial charge in [-0.1, -0.05) is 6.07 Å². The molecular formula is C14H13N3O2. The van der Waals surface area contributed by atoms with Crippen LogP contribution in [0, 0.1) is 29.6 Å². The molecule has 5 heteroatoms. The Balaban J connectivity index is 3.01. The Morgan fingerprint density at radius 2 is 2.00 bits per heavy atom. The normalized spacial score (nSPS) is 9.84. The largest absolute Gasteiger partial charge is 0.478 e. The van der Waals surface area contributed by atoms with Crippen LogP contribution in [-0.2, 0) is 4.79 Å². The van der Waals surface area contributed by atoms with E-state index in [1.807, 2.05) is 25.1 Å². The molecule has 0 spiro atoms. The van der Waals surface area contributed by atoms with Crippen LogP contribution in [0.5, 0.6) is 0 Å². The molecule has 1 aromatic carbocycles. The maximum atomic E-state index is 10.5. The van der Waals surface area contributed by atoms with Gasteiger partial charge in [-0.25, -0.2) is 4.79 Å². The lowest BCUT2D eigenvalue weighted by Crippen LogP contribution is -2.23. The molecule has 0 aliphatic carbocycles. The fourth-order valence-electron chi connectivity index (χ4n) is 1.61. The van der Waals surface area contributed by atoms with Crippen molar-refractivity contribution in [3.8, 4) is 12.1 Å². The molecule has 0 amide bonds. The maximum absolute atomic E-state index is 10.5. The van der Waals surface area contributed by atoms with Gasteiger partial charge in [0.2, 0.25) is 0 Å². The number of nitriles is 2. The van der Waals surface area contributed by atoms with E-state index < -0.39 is 5.97 Å². The summed E-state index contributed by atoms with van der Waals surface area (Å²) in [5, 5.41) is 26.0. The van der Waals surface area contributed by atoms with Crippen molar-refractivity contribution in [1.82, 2.24) is 0 Å². The Kier molecular flexibility index (Phi) is 5.13. The zero-order chi connectivity index (χ0) is 14.3. The van der Waals surface area contributed by atoms with Crippen molar-refractivity contribution in [2.75, 3.05) is 18.0 Å². The minimum absolute atomic E-state index is 0.136. The number of benzene rings is 1. The molecule has 1 N–H and O–H groups in total. The van der Waals surface area contributed by atoms with Gasteiger partial charge in [-0.2, -0.15) is 10.5 Å². The van der Waals surface area contributed by atoms with Crippen molar-refractivity contribution in [3.63, 3.8) is 0 Å².